The van der Waals surface area contributed by atoms with Crippen molar-refractivity contribution in [1.29, 1.82) is 0 Å². The summed E-state index contributed by atoms with van der Waals surface area (Å²) >= 11 is 16.8. The molecule has 0 saturated carbocycles. The van der Waals surface area contributed by atoms with E-state index >= 15 is 0 Å². The maximum Gasteiger partial charge on any atom is 0.257 e. The summed E-state index contributed by atoms with van der Waals surface area (Å²) in [5.74, 6) is 0.118. The minimum absolute atomic E-state index is 0.0750. The quantitative estimate of drug-likeness (QED) is 0.475. The molecular formula is C18H18Cl2N2O3S. The molecule has 0 bridgehead atoms. The van der Waals surface area contributed by atoms with Crippen molar-refractivity contribution in [3.63, 3.8) is 0 Å². The average molecular weight is 413 g/mol. The molecule has 5 nitrogen and oxygen atoms in total. The first-order valence-corrected chi connectivity index (χ1v) is 9.03. The number of ether oxygens (including phenoxy) is 1. The molecule has 0 aliphatic carbocycles. The van der Waals surface area contributed by atoms with Gasteiger partial charge < -0.3 is 15.2 Å². The number of aromatic hydroxyl groups is 1. The van der Waals surface area contributed by atoms with E-state index in [1.807, 2.05) is 13.8 Å². The maximum atomic E-state index is 12.3. The largest absolute Gasteiger partial charge is 0.505 e. The predicted molar refractivity (Wildman–Crippen MR) is 109 cm³/mol. The second-order valence-corrected chi connectivity index (χ2v) is 6.78. The Kier molecular flexibility index (Phi) is 7.08. The average Bonchev–Trinajstić information content (AvgIpc) is 2.59. The van der Waals surface area contributed by atoms with Gasteiger partial charge in [0.05, 0.1) is 16.1 Å². The molecule has 26 heavy (non-hydrogen) atoms. The van der Waals surface area contributed by atoms with Gasteiger partial charge in [-0.1, -0.05) is 30.1 Å². The lowest BCUT2D eigenvalue weighted by molar-refractivity contribution is 0.0977. The first kappa shape index (κ1) is 20.3. The van der Waals surface area contributed by atoms with Crippen molar-refractivity contribution in [1.82, 2.24) is 5.32 Å². The van der Waals surface area contributed by atoms with Gasteiger partial charge in [-0.3, -0.25) is 10.1 Å². The van der Waals surface area contributed by atoms with Crippen molar-refractivity contribution in [2.75, 3.05) is 5.32 Å². The van der Waals surface area contributed by atoms with E-state index in [0.717, 1.165) is 6.42 Å². The fourth-order valence-electron chi connectivity index (χ4n) is 1.98. The van der Waals surface area contributed by atoms with E-state index in [4.69, 9.17) is 40.2 Å². The Morgan fingerprint density at radius 3 is 2.35 bits per heavy atom. The fraction of sp³-hybridized carbons (Fsp3) is 0.222. The van der Waals surface area contributed by atoms with Crippen LogP contribution in [0.4, 0.5) is 5.69 Å². The summed E-state index contributed by atoms with van der Waals surface area (Å²) in [7, 11) is 0. The Morgan fingerprint density at radius 1 is 1.23 bits per heavy atom. The number of nitrogens with one attached hydrogen (secondary N) is 2. The summed E-state index contributed by atoms with van der Waals surface area (Å²) in [5, 5.41) is 15.1. The first-order chi connectivity index (χ1) is 12.3. The molecule has 2 rings (SSSR count). The van der Waals surface area contributed by atoms with Gasteiger partial charge in [-0.2, -0.15) is 0 Å². The summed E-state index contributed by atoms with van der Waals surface area (Å²) in [5.41, 5.74) is 0.882. The summed E-state index contributed by atoms with van der Waals surface area (Å²) in [6.45, 7) is 4.02. The summed E-state index contributed by atoms with van der Waals surface area (Å²) in [6.07, 6.45) is 1.00. The topological polar surface area (TPSA) is 70.6 Å². The predicted octanol–water partition coefficient (Wildman–Crippen LogP) is 5.00. The molecule has 0 spiro atoms. The lowest BCUT2D eigenvalue weighted by Crippen LogP contribution is -2.34. The van der Waals surface area contributed by atoms with Crippen molar-refractivity contribution < 1.29 is 14.6 Å². The van der Waals surface area contributed by atoms with Crippen molar-refractivity contribution in [2.24, 2.45) is 0 Å². The highest BCUT2D eigenvalue weighted by atomic mass is 35.5. The number of phenolic OH excluding ortho intramolecular Hbond substituents is 1. The van der Waals surface area contributed by atoms with Crippen LogP contribution in [0, 0.1) is 0 Å². The lowest BCUT2D eigenvalue weighted by atomic mass is 10.2. The maximum absolute atomic E-state index is 12.3. The molecule has 0 fully saturated rings. The van der Waals surface area contributed by atoms with E-state index in [1.165, 1.54) is 12.1 Å². The van der Waals surface area contributed by atoms with Gasteiger partial charge in [0, 0.05) is 11.3 Å². The normalized spacial score (nSPS) is 11.5. The highest BCUT2D eigenvalue weighted by Gasteiger charge is 2.11. The number of carbonyl (C=O) groups excluding carboxylic acids is 1. The molecule has 3 N–H and O–H groups in total. The highest BCUT2D eigenvalue weighted by molar-refractivity contribution is 7.80. The fourth-order valence-corrected chi connectivity index (χ4v) is 2.67. The zero-order chi connectivity index (χ0) is 19.3. The van der Waals surface area contributed by atoms with Crippen molar-refractivity contribution >= 4 is 52.1 Å². The second kappa shape index (κ2) is 9.07. The molecule has 0 unspecified atom stereocenters. The van der Waals surface area contributed by atoms with E-state index in [1.54, 1.807) is 24.3 Å². The van der Waals surface area contributed by atoms with Crippen LogP contribution in [0.25, 0.3) is 0 Å². The third-order valence-corrected chi connectivity index (χ3v) is 4.31. The smallest absolute Gasteiger partial charge is 0.257 e. The molecule has 0 aliphatic rings. The number of carbonyl (C=O) groups is 1. The van der Waals surface area contributed by atoms with Crippen LogP contribution in [-0.2, 0) is 0 Å². The SMILES string of the molecule is CC[C@H](C)Oc1ccc(C(=O)NC(=S)Nc2cc(Cl)c(O)c(Cl)c2)cc1. The number of anilines is 1. The van der Waals surface area contributed by atoms with Crippen molar-refractivity contribution in [3.8, 4) is 11.5 Å². The lowest BCUT2D eigenvalue weighted by Gasteiger charge is -2.13. The van der Waals surface area contributed by atoms with Gasteiger partial charge in [-0.15, -0.1) is 0 Å². The zero-order valence-electron chi connectivity index (χ0n) is 14.2. The molecule has 2 aromatic carbocycles. The van der Waals surface area contributed by atoms with E-state index in [-0.39, 0.29) is 32.9 Å². The first-order valence-electron chi connectivity index (χ1n) is 7.87. The molecule has 2 aromatic rings. The van der Waals surface area contributed by atoms with E-state index in [9.17, 15) is 9.90 Å². The summed E-state index contributed by atoms with van der Waals surface area (Å²) < 4.78 is 5.68. The Bertz CT molecular complexity index is 790. The summed E-state index contributed by atoms with van der Waals surface area (Å²) in [4.78, 5) is 12.3. The number of benzene rings is 2. The van der Waals surface area contributed by atoms with Crippen LogP contribution in [0.3, 0.4) is 0 Å². The van der Waals surface area contributed by atoms with Crippen LogP contribution in [-0.4, -0.2) is 22.2 Å². The molecule has 0 radical (unpaired) electrons. The van der Waals surface area contributed by atoms with Crippen LogP contribution in [0.2, 0.25) is 10.0 Å². The number of halogens is 2. The van der Waals surface area contributed by atoms with Gasteiger partial charge in [0.15, 0.2) is 10.9 Å². The minimum Gasteiger partial charge on any atom is -0.505 e. The molecular weight excluding hydrogens is 395 g/mol. The highest BCUT2D eigenvalue weighted by Crippen LogP contribution is 2.34. The Hall–Kier alpha value is -2.02. The van der Waals surface area contributed by atoms with Gasteiger partial charge in [0.2, 0.25) is 0 Å². The zero-order valence-corrected chi connectivity index (χ0v) is 16.5. The third-order valence-electron chi connectivity index (χ3n) is 3.53. The van der Waals surface area contributed by atoms with Gasteiger partial charge in [0.1, 0.15) is 5.75 Å². The second-order valence-electron chi connectivity index (χ2n) is 5.56. The standard InChI is InChI=1S/C18H18Cl2N2O3S/c1-3-10(2)25-13-6-4-11(5-7-13)17(24)22-18(26)21-12-8-14(19)16(23)15(20)9-12/h4-10,23H,3H2,1-2H3,(H2,21,22,24,26)/t10-/m0/s1. The van der Waals surface area contributed by atoms with Gasteiger partial charge >= 0.3 is 0 Å². The van der Waals surface area contributed by atoms with Crippen molar-refractivity contribution in [2.45, 2.75) is 26.4 Å². The molecule has 0 aliphatic heterocycles. The van der Waals surface area contributed by atoms with Crippen LogP contribution in [0.1, 0.15) is 30.6 Å². The van der Waals surface area contributed by atoms with Crippen LogP contribution in [0.5, 0.6) is 11.5 Å². The number of hydrogen-bond acceptors (Lipinski definition) is 4. The van der Waals surface area contributed by atoms with Gasteiger partial charge in [-0.05, 0) is 62.0 Å². The number of hydrogen-bond donors (Lipinski definition) is 3. The number of amides is 1. The molecule has 0 heterocycles. The number of rotatable bonds is 5. The van der Waals surface area contributed by atoms with E-state index < -0.39 is 0 Å². The monoisotopic (exact) mass is 412 g/mol. The molecule has 8 heteroatoms. The number of phenols is 1. The molecule has 138 valence electrons. The third kappa shape index (κ3) is 5.49. The minimum atomic E-state index is -0.367. The molecule has 0 saturated heterocycles. The summed E-state index contributed by atoms with van der Waals surface area (Å²) in [6, 6.07) is 9.67. The van der Waals surface area contributed by atoms with E-state index in [0.29, 0.717) is 17.0 Å². The van der Waals surface area contributed by atoms with E-state index in [2.05, 4.69) is 10.6 Å². The van der Waals surface area contributed by atoms with Crippen LogP contribution in [0.15, 0.2) is 36.4 Å². The Morgan fingerprint density at radius 2 is 1.81 bits per heavy atom. The van der Waals surface area contributed by atoms with Gasteiger partial charge in [0.25, 0.3) is 5.91 Å². The Balaban J connectivity index is 1.97. The molecule has 1 amide bonds. The van der Waals surface area contributed by atoms with Crippen molar-refractivity contribution in [3.05, 3.63) is 52.0 Å². The molecule has 0 aromatic heterocycles. The Labute approximate surface area is 167 Å². The van der Waals surface area contributed by atoms with Gasteiger partial charge in [-0.25, -0.2) is 0 Å². The molecule has 1 atom stereocenters. The number of thiocarbonyl (C=S) groups is 1. The van der Waals surface area contributed by atoms with Crippen LogP contribution < -0.4 is 15.4 Å². The van der Waals surface area contributed by atoms with Crippen LogP contribution >= 0.6 is 35.4 Å².